The summed E-state index contributed by atoms with van der Waals surface area (Å²) >= 11 is 0. The zero-order chi connectivity index (χ0) is 15.3. The number of ether oxygens (including phenoxy) is 1. The highest BCUT2D eigenvalue weighted by atomic mass is 32.2. The molecule has 1 N–H and O–H groups in total. The van der Waals surface area contributed by atoms with Gasteiger partial charge in [0.15, 0.2) is 0 Å². The van der Waals surface area contributed by atoms with E-state index in [1.807, 2.05) is 13.8 Å². The summed E-state index contributed by atoms with van der Waals surface area (Å²) in [5, 5.41) is 3.37. The fraction of sp³-hybridized carbons (Fsp3) is 0.600. The van der Waals surface area contributed by atoms with Crippen LogP contribution < -0.4 is 10.1 Å². The Labute approximate surface area is 126 Å². The summed E-state index contributed by atoms with van der Waals surface area (Å²) in [5.74, 6) is 1.34. The molecule has 0 spiro atoms. The third-order valence-electron chi connectivity index (χ3n) is 4.92. The van der Waals surface area contributed by atoms with E-state index in [1.165, 1.54) is 0 Å². The van der Waals surface area contributed by atoms with E-state index in [0.29, 0.717) is 29.0 Å². The number of methoxy groups -OCH3 is 1. The second kappa shape index (κ2) is 4.97. The van der Waals surface area contributed by atoms with Gasteiger partial charge in [-0.1, -0.05) is 6.07 Å². The highest BCUT2D eigenvalue weighted by Crippen LogP contribution is 2.43. The fourth-order valence-corrected chi connectivity index (χ4v) is 5.59. The van der Waals surface area contributed by atoms with E-state index in [0.717, 1.165) is 13.1 Å². The van der Waals surface area contributed by atoms with E-state index in [9.17, 15) is 8.42 Å². The van der Waals surface area contributed by atoms with Crippen molar-refractivity contribution in [2.75, 3.05) is 26.7 Å². The molecule has 2 fully saturated rings. The molecular formula is C15H22N2O3S. The fourth-order valence-electron chi connectivity index (χ4n) is 3.68. The topological polar surface area (TPSA) is 58.6 Å². The van der Waals surface area contributed by atoms with Gasteiger partial charge in [0.2, 0.25) is 10.0 Å². The van der Waals surface area contributed by atoms with Crippen molar-refractivity contribution in [1.29, 1.82) is 0 Å². The minimum atomic E-state index is -3.50. The van der Waals surface area contributed by atoms with Crippen molar-refractivity contribution in [1.82, 2.24) is 9.62 Å². The van der Waals surface area contributed by atoms with E-state index in [4.69, 9.17) is 4.74 Å². The summed E-state index contributed by atoms with van der Waals surface area (Å²) in [7, 11) is -1.95. The molecule has 116 valence electrons. The van der Waals surface area contributed by atoms with Gasteiger partial charge < -0.3 is 10.1 Å². The van der Waals surface area contributed by atoms with Gasteiger partial charge >= 0.3 is 0 Å². The van der Waals surface area contributed by atoms with Gasteiger partial charge in [-0.3, -0.25) is 0 Å². The minimum Gasteiger partial charge on any atom is -0.497 e. The van der Waals surface area contributed by atoms with Crippen molar-refractivity contribution >= 4 is 10.0 Å². The zero-order valence-corrected chi connectivity index (χ0v) is 13.5. The average Bonchev–Trinajstić information content (AvgIpc) is 3.01. The van der Waals surface area contributed by atoms with Crippen LogP contribution in [0, 0.1) is 11.8 Å². The normalized spacial score (nSPS) is 28.5. The lowest BCUT2D eigenvalue weighted by Crippen LogP contribution is -2.47. The minimum absolute atomic E-state index is 0.308. The lowest BCUT2D eigenvalue weighted by Gasteiger charge is -2.34. The molecule has 21 heavy (non-hydrogen) atoms. The number of hydrogen-bond donors (Lipinski definition) is 1. The maximum Gasteiger partial charge on any atom is 0.243 e. The Morgan fingerprint density at radius 1 is 1.33 bits per heavy atom. The number of hydrogen-bond acceptors (Lipinski definition) is 4. The first-order chi connectivity index (χ1) is 9.87. The smallest absolute Gasteiger partial charge is 0.243 e. The summed E-state index contributed by atoms with van der Waals surface area (Å²) in [6.45, 7) is 6.44. The summed E-state index contributed by atoms with van der Waals surface area (Å²) in [4.78, 5) is 0.308. The van der Waals surface area contributed by atoms with Crippen LogP contribution in [0.25, 0.3) is 0 Å². The second-order valence-electron chi connectivity index (χ2n) is 6.39. The molecule has 0 amide bonds. The maximum absolute atomic E-state index is 13.0. The molecular weight excluding hydrogens is 288 g/mol. The Balaban J connectivity index is 1.98. The first kappa shape index (κ1) is 14.8. The lowest BCUT2D eigenvalue weighted by atomic mass is 9.85. The Bertz CT molecular complexity index is 642. The summed E-state index contributed by atoms with van der Waals surface area (Å²) in [5.41, 5.74) is -0.365. The molecule has 5 nitrogen and oxygen atoms in total. The molecule has 1 aromatic rings. The molecule has 6 heteroatoms. The Hall–Kier alpha value is -1.11. The molecule has 0 bridgehead atoms. The molecule has 2 atom stereocenters. The van der Waals surface area contributed by atoms with Gasteiger partial charge in [0, 0.05) is 24.7 Å². The number of benzene rings is 1. The van der Waals surface area contributed by atoms with Crippen molar-refractivity contribution in [2.24, 2.45) is 11.8 Å². The molecule has 0 aromatic heterocycles. The van der Waals surface area contributed by atoms with Crippen LogP contribution in [0.5, 0.6) is 5.75 Å². The predicted octanol–water partition coefficient (Wildman–Crippen LogP) is 1.31. The SMILES string of the molecule is COc1cccc(S(=O)(=O)N2CC3CNCC3C2(C)C)c1. The maximum atomic E-state index is 13.0. The van der Waals surface area contributed by atoms with E-state index in [1.54, 1.807) is 35.7 Å². The number of rotatable bonds is 3. The lowest BCUT2D eigenvalue weighted by molar-refractivity contribution is 0.233. The van der Waals surface area contributed by atoms with Crippen molar-refractivity contribution < 1.29 is 13.2 Å². The van der Waals surface area contributed by atoms with Gasteiger partial charge in [-0.2, -0.15) is 4.31 Å². The molecule has 0 radical (unpaired) electrons. The molecule has 0 saturated carbocycles. The Kier molecular flexibility index (Phi) is 3.50. The largest absolute Gasteiger partial charge is 0.497 e. The van der Waals surface area contributed by atoms with Gasteiger partial charge in [-0.05, 0) is 44.4 Å². The van der Waals surface area contributed by atoms with Crippen molar-refractivity contribution in [3.63, 3.8) is 0 Å². The molecule has 2 aliphatic heterocycles. The van der Waals surface area contributed by atoms with E-state index < -0.39 is 10.0 Å². The molecule has 2 heterocycles. The monoisotopic (exact) mass is 310 g/mol. The summed E-state index contributed by atoms with van der Waals surface area (Å²) < 4.78 is 32.8. The van der Waals surface area contributed by atoms with Gasteiger partial charge in [-0.15, -0.1) is 0 Å². The predicted molar refractivity (Wildman–Crippen MR) is 80.8 cm³/mol. The molecule has 2 unspecified atom stereocenters. The van der Waals surface area contributed by atoms with Gasteiger partial charge in [0.05, 0.1) is 12.0 Å². The van der Waals surface area contributed by atoms with Crippen molar-refractivity contribution in [2.45, 2.75) is 24.3 Å². The van der Waals surface area contributed by atoms with Crippen molar-refractivity contribution in [3.05, 3.63) is 24.3 Å². The number of fused-ring (bicyclic) bond motifs is 1. The van der Waals surface area contributed by atoms with Crippen molar-refractivity contribution in [3.8, 4) is 5.75 Å². The van der Waals surface area contributed by atoms with Crippen LogP contribution in [0.1, 0.15) is 13.8 Å². The number of nitrogens with zero attached hydrogens (tertiary/aromatic N) is 1. The standard InChI is InChI=1S/C15H22N2O3S/c1-15(2)14-9-16-8-11(14)10-17(15)21(18,19)13-6-4-5-12(7-13)20-3/h4-7,11,14,16H,8-10H2,1-3H3. The first-order valence-corrected chi connectivity index (χ1v) is 8.69. The number of sulfonamides is 1. The quantitative estimate of drug-likeness (QED) is 0.914. The Morgan fingerprint density at radius 3 is 2.76 bits per heavy atom. The highest BCUT2D eigenvalue weighted by molar-refractivity contribution is 7.89. The second-order valence-corrected chi connectivity index (χ2v) is 8.26. The van der Waals surface area contributed by atoms with Crippen LogP contribution in [-0.4, -0.2) is 45.0 Å². The Morgan fingerprint density at radius 2 is 2.10 bits per heavy atom. The van der Waals surface area contributed by atoms with Crippen LogP contribution in [0.4, 0.5) is 0 Å². The highest BCUT2D eigenvalue weighted by Gasteiger charge is 2.54. The third kappa shape index (κ3) is 2.25. The molecule has 3 rings (SSSR count). The molecule has 2 saturated heterocycles. The molecule has 0 aliphatic carbocycles. The van der Waals surface area contributed by atoms with E-state index in [-0.39, 0.29) is 5.54 Å². The zero-order valence-electron chi connectivity index (χ0n) is 12.7. The van der Waals surface area contributed by atoms with Gasteiger partial charge in [0.1, 0.15) is 5.75 Å². The van der Waals surface area contributed by atoms with Gasteiger partial charge in [-0.25, -0.2) is 8.42 Å². The first-order valence-electron chi connectivity index (χ1n) is 7.25. The molecule has 1 aromatic carbocycles. The van der Waals surface area contributed by atoms with Crippen LogP contribution in [-0.2, 0) is 10.0 Å². The number of nitrogens with one attached hydrogen (secondary N) is 1. The summed E-state index contributed by atoms with van der Waals surface area (Å²) in [6.07, 6.45) is 0. The van der Waals surface area contributed by atoms with Crippen LogP contribution in [0.2, 0.25) is 0 Å². The summed E-state index contributed by atoms with van der Waals surface area (Å²) in [6, 6.07) is 6.71. The van der Waals surface area contributed by atoms with Crippen LogP contribution in [0.3, 0.4) is 0 Å². The van der Waals surface area contributed by atoms with Crippen LogP contribution in [0.15, 0.2) is 29.2 Å². The van der Waals surface area contributed by atoms with E-state index in [2.05, 4.69) is 5.32 Å². The van der Waals surface area contributed by atoms with Crippen LogP contribution >= 0.6 is 0 Å². The average molecular weight is 310 g/mol. The van der Waals surface area contributed by atoms with E-state index >= 15 is 0 Å². The van der Waals surface area contributed by atoms with Gasteiger partial charge in [0.25, 0.3) is 0 Å². The third-order valence-corrected chi connectivity index (χ3v) is 6.97. The molecule has 2 aliphatic rings.